The molecule has 1 aromatic heterocycles. The van der Waals surface area contributed by atoms with Crippen LogP contribution < -0.4 is 34.0 Å². The molecule has 10 rings (SSSR count). The van der Waals surface area contributed by atoms with Gasteiger partial charge in [0, 0.05) is 84.2 Å². The van der Waals surface area contributed by atoms with E-state index in [1.165, 1.54) is 24.0 Å². The van der Waals surface area contributed by atoms with Crippen molar-refractivity contribution in [2.75, 3.05) is 98.2 Å². The quantitative estimate of drug-likeness (QED) is 0.0232. The highest BCUT2D eigenvalue weighted by Crippen LogP contribution is 2.49. The Morgan fingerprint density at radius 1 is 0.581 bits per heavy atom. The number of ether oxygens (including phenoxy) is 2. The Hall–Kier alpha value is -7.81. The minimum Gasteiger partial charge on any atom is -0.502 e. The number of hydrogen-bond acceptors (Lipinski definition) is 15. The van der Waals surface area contributed by atoms with E-state index in [4.69, 9.17) is 39.1 Å². The first-order valence-corrected chi connectivity index (χ1v) is 31.9. The van der Waals surface area contributed by atoms with Crippen molar-refractivity contribution in [2.24, 2.45) is 0 Å². The summed E-state index contributed by atoms with van der Waals surface area (Å²) < 4.78 is 41.3. The van der Waals surface area contributed by atoms with E-state index in [9.17, 15) is 19.0 Å². The third kappa shape index (κ3) is 16.2. The summed E-state index contributed by atoms with van der Waals surface area (Å²) in [5.74, 6) is 0.278. The number of aromatic hydroxyl groups is 1. The molecule has 86 heavy (non-hydrogen) atoms. The molecule has 2 aliphatic rings. The number of methoxy groups -OCH3 is 2. The molecule has 0 aliphatic carbocycles. The summed E-state index contributed by atoms with van der Waals surface area (Å²) >= 11 is 1.73. The number of aromatic amines is 1. The second-order valence-corrected chi connectivity index (χ2v) is 23.3. The zero-order valence-corrected chi connectivity index (χ0v) is 51.4. The van der Waals surface area contributed by atoms with E-state index in [0.717, 1.165) is 81.1 Å². The second kappa shape index (κ2) is 29.5. The standard InChI is InChI=1S/C32H38N4O5.C16H19N2O4P.C15H16NO4PS/c1-6-35(7-2)24-13-9-21(10-14-24)29-30(22-11-15-25(16-12-22)36(8-3)18-17-28(37)38)34-32(33-29)23-19-26(40-4)31(39)27(20-23)41-5;1-17-13-7-2-4-9-15(13)18(11-6-12-22-23(19,20)21)16-10-5-3-8-14(16)17;17-21(18,19)20-11-5-10-16-12-6-1-3-8-14(12)22-15-9-4-2-7-13(15)16/h9-16,19-20,39H,6-8,17-18H2,1-5H3,(H,33,34)(H,37,38);2-5,7-10H,6,11-12H2,1H3,(H2,19,20,21);1-4,6-9H,5,10-11H2,(H2,17,18,19). The minimum atomic E-state index is -4.40. The number of phosphoric acid groups is 2. The number of benzene rings is 7. The maximum Gasteiger partial charge on any atom is 0.469 e. The number of hydrogen-bond donors (Lipinski definition) is 7. The van der Waals surface area contributed by atoms with Crippen LogP contribution in [0.25, 0.3) is 33.9 Å². The molecule has 2 aliphatic heterocycles. The molecule has 23 heteroatoms. The number of nitrogens with one attached hydrogen (secondary N) is 1. The molecule has 0 saturated heterocycles. The fourth-order valence-corrected chi connectivity index (χ4v) is 12.0. The zero-order chi connectivity index (χ0) is 61.5. The van der Waals surface area contributed by atoms with E-state index in [1.807, 2.05) is 104 Å². The Labute approximate surface area is 505 Å². The molecule has 454 valence electrons. The Morgan fingerprint density at radius 3 is 1.44 bits per heavy atom. The largest absolute Gasteiger partial charge is 0.502 e. The van der Waals surface area contributed by atoms with Gasteiger partial charge in [0.2, 0.25) is 5.75 Å². The van der Waals surface area contributed by atoms with Gasteiger partial charge in [-0.25, -0.2) is 14.1 Å². The van der Waals surface area contributed by atoms with Gasteiger partial charge in [0.15, 0.2) is 11.5 Å². The number of carboxylic acids is 1. The SMILES string of the molecule is CCN(CC)c1ccc(-c2[nH]c(-c3cc(OC)c(O)c(OC)c3)nc2-c2ccc(N(CC)CCC(=O)O)cc2)cc1.CN1c2ccccc2N(CCCOP(=O)(O)O)c2ccccc21.O=P(O)(O)OCCCN1c2ccccc2Sc2ccccc21. The number of phosphoric ester groups is 2. The molecule has 7 aromatic carbocycles. The first-order valence-electron chi connectivity index (χ1n) is 28.1. The fourth-order valence-electron chi connectivity index (χ4n) is 10.2. The molecule has 0 fully saturated rings. The first kappa shape index (κ1) is 64.2. The number of fused-ring (bicyclic) bond motifs is 4. The van der Waals surface area contributed by atoms with Crippen molar-refractivity contribution in [3.05, 3.63) is 158 Å². The minimum absolute atomic E-state index is 0.0148. The highest BCUT2D eigenvalue weighted by molar-refractivity contribution is 7.99. The Balaban J connectivity index is 0.000000181. The number of imidazole rings is 1. The number of nitrogens with zero attached hydrogens (tertiary/aromatic N) is 6. The van der Waals surface area contributed by atoms with Crippen LogP contribution in [0.4, 0.5) is 45.5 Å². The molecule has 0 amide bonds. The number of rotatable bonds is 23. The normalized spacial score (nSPS) is 12.3. The zero-order valence-electron chi connectivity index (χ0n) is 48.8. The van der Waals surface area contributed by atoms with Gasteiger partial charge in [-0.1, -0.05) is 84.6 Å². The van der Waals surface area contributed by atoms with Crippen LogP contribution in [0.2, 0.25) is 0 Å². The molecule has 0 atom stereocenters. The first-order chi connectivity index (χ1) is 41.3. The molecule has 3 heterocycles. The number of aromatic nitrogens is 2. The van der Waals surface area contributed by atoms with Crippen molar-refractivity contribution in [3.8, 4) is 51.2 Å². The summed E-state index contributed by atoms with van der Waals surface area (Å²) in [5, 5.41) is 19.5. The molecule has 0 radical (unpaired) electrons. The molecular formula is C63H73N7O13P2S. The number of para-hydroxylation sites is 6. The van der Waals surface area contributed by atoms with Gasteiger partial charge in [-0.15, -0.1) is 0 Å². The highest BCUT2D eigenvalue weighted by atomic mass is 32.2. The monoisotopic (exact) mass is 1230 g/mol. The average molecular weight is 1230 g/mol. The molecule has 0 spiro atoms. The highest BCUT2D eigenvalue weighted by Gasteiger charge is 2.27. The van der Waals surface area contributed by atoms with Gasteiger partial charge in [-0.3, -0.25) is 13.8 Å². The van der Waals surface area contributed by atoms with Crippen LogP contribution in [0.1, 0.15) is 40.0 Å². The van der Waals surface area contributed by atoms with E-state index >= 15 is 0 Å². The van der Waals surface area contributed by atoms with Crippen molar-refractivity contribution in [3.63, 3.8) is 0 Å². The van der Waals surface area contributed by atoms with Crippen LogP contribution >= 0.6 is 27.4 Å². The van der Waals surface area contributed by atoms with E-state index in [-0.39, 0.29) is 36.9 Å². The Morgan fingerprint density at radius 2 is 1.00 bits per heavy atom. The van der Waals surface area contributed by atoms with Gasteiger partial charge < -0.3 is 68.7 Å². The van der Waals surface area contributed by atoms with Crippen LogP contribution in [-0.2, 0) is 23.0 Å². The van der Waals surface area contributed by atoms with Crippen molar-refractivity contribution < 1.29 is 62.2 Å². The third-order valence-corrected chi connectivity index (χ3v) is 16.6. The lowest BCUT2D eigenvalue weighted by atomic mass is 10.0. The summed E-state index contributed by atoms with van der Waals surface area (Å²) in [6.45, 7) is 10.6. The lowest BCUT2D eigenvalue weighted by Crippen LogP contribution is -2.28. The van der Waals surface area contributed by atoms with Crippen LogP contribution in [0.3, 0.4) is 0 Å². The predicted molar refractivity (Wildman–Crippen MR) is 341 cm³/mol. The summed E-state index contributed by atoms with van der Waals surface area (Å²) in [6.07, 6.45) is 1.11. The van der Waals surface area contributed by atoms with Crippen LogP contribution in [-0.4, -0.2) is 119 Å². The lowest BCUT2D eigenvalue weighted by molar-refractivity contribution is -0.136. The number of anilines is 8. The van der Waals surface area contributed by atoms with E-state index < -0.39 is 21.6 Å². The van der Waals surface area contributed by atoms with Crippen LogP contribution in [0.5, 0.6) is 17.2 Å². The smallest absolute Gasteiger partial charge is 0.469 e. The predicted octanol–water partition coefficient (Wildman–Crippen LogP) is 13.5. The van der Waals surface area contributed by atoms with Gasteiger partial charge in [0.1, 0.15) is 5.82 Å². The number of aliphatic carboxylic acids is 1. The van der Waals surface area contributed by atoms with E-state index in [0.29, 0.717) is 50.4 Å². The number of phenols is 1. The van der Waals surface area contributed by atoms with E-state index in [2.05, 4.69) is 108 Å². The van der Waals surface area contributed by atoms with Gasteiger partial charge in [0.25, 0.3) is 0 Å². The summed E-state index contributed by atoms with van der Waals surface area (Å²) in [7, 11) is -3.78. The molecule has 20 nitrogen and oxygen atoms in total. The molecule has 0 saturated carbocycles. The molecule has 0 unspecified atom stereocenters. The lowest BCUT2D eigenvalue weighted by Gasteiger charge is -2.38. The number of carboxylic acid groups (broad SMARTS) is 1. The fraction of sp³-hybridized carbons (Fsp3) is 0.270. The van der Waals surface area contributed by atoms with Crippen LogP contribution in [0.15, 0.2) is 168 Å². The Kier molecular flexibility index (Phi) is 22.0. The van der Waals surface area contributed by atoms with E-state index in [1.54, 1.807) is 23.9 Å². The summed E-state index contributed by atoms with van der Waals surface area (Å²) in [4.78, 5) is 67.8. The molecule has 8 aromatic rings. The van der Waals surface area contributed by atoms with Crippen molar-refractivity contribution in [1.82, 2.24) is 9.97 Å². The summed E-state index contributed by atoms with van der Waals surface area (Å²) in [6, 6.07) is 52.3. The molecule has 7 N–H and O–H groups in total. The number of H-pyrrole nitrogens is 1. The summed E-state index contributed by atoms with van der Waals surface area (Å²) in [5.41, 5.74) is 12.9. The maximum atomic E-state index is 11.1. The Bertz CT molecular complexity index is 3540. The number of carbonyl (C=O) groups is 1. The second-order valence-electron chi connectivity index (χ2n) is 19.8. The molecule has 0 bridgehead atoms. The maximum absolute atomic E-state index is 11.1. The third-order valence-electron chi connectivity index (χ3n) is 14.4. The van der Waals surface area contributed by atoms with Crippen molar-refractivity contribution in [1.29, 1.82) is 0 Å². The van der Waals surface area contributed by atoms with Crippen molar-refractivity contribution >= 4 is 78.9 Å². The number of phenolic OH excluding ortho intramolecular Hbond substituents is 1. The van der Waals surface area contributed by atoms with Gasteiger partial charge in [0.05, 0.1) is 79.4 Å². The topological polar surface area (TPSA) is 254 Å². The van der Waals surface area contributed by atoms with Crippen LogP contribution in [0, 0.1) is 0 Å². The molecular weight excluding hydrogens is 1160 g/mol. The van der Waals surface area contributed by atoms with Gasteiger partial charge in [-0.05, 0) is 119 Å². The van der Waals surface area contributed by atoms with Gasteiger partial charge in [-0.2, -0.15) is 0 Å². The van der Waals surface area contributed by atoms with Crippen molar-refractivity contribution in [2.45, 2.75) is 49.8 Å². The average Bonchev–Trinajstić information content (AvgIpc) is 1.20. The van der Waals surface area contributed by atoms with Gasteiger partial charge >= 0.3 is 21.6 Å².